The molecule has 0 aliphatic rings. The molecule has 0 saturated carbocycles. The zero-order valence-corrected chi connectivity index (χ0v) is 55.1. The summed E-state index contributed by atoms with van der Waals surface area (Å²) in [4.78, 5) is 24.7. The van der Waals surface area contributed by atoms with E-state index in [1.54, 1.807) is 0 Å². The Kier molecular flexibility index (Phi) is 69.8. The number of hydrogen-bond donors (Lipinski definition) is 1. The Morgan fingerprint density at radius 2 is 0.512 bits per heavy atom. The fourth-order valence-corrected chi connectivity index (χ4v) is 10.1. The largest absolute Gasteiger partial charge is 0.462 e. The molecule has 0 aromatic carbocycles. The maximum atomic E-state index is 12.4. The molecule has 0 spiro atoms. The van der Waals surface area contributed by atoms with Crippen LogP contribution in [0.3, 0.4) is 0 Å². The van der Waals surface area contributed by atoms with Crippen molar-refractivity contribution in [1.29, 1.82) is 0 Å². The van der Waals surface area contributed by atoms with Crippen LogP contribution in [0.25, 0.3) is 0 Å². The second-order valence-electron chi connectivity index (χ2n) is 23.6. The molecule has 0 radical (unpaired) electrons. The van der Waals surface area contributed by atoms with Gasteiger partial charge in [0, 0.05) is 12.8 Å². The molecular weight excluding hydrogens is 1030 g/mol. The minimum Gasteiger partial charge on any atom is -0.462 e. The molecule has 480 valence electrons. The molecule has 1 atom stereocenters. The molecule has 0 aromatic heterocycles. The number of esters is 2. The minimum absolute atomic E-state index is 0.0744. The minimum atomic E-state index is -0.787. The number of ether oxygens (including phenoxy) is 2. The van der Waals surface area contributed by atoms with Gasteiger partial charge in [0.2, 0.25) is 0 Å². The van der Waals surface area contributed by atoms with Gasteiger partial charge in [0.15, 0.2) is 6.10 Å². The number of aliphatic hydroxyl groups excluding tert-OH is 1. The Balaban J connectivity index is 3.51. The molecule has 1 N–H and O–H groups in total. The van der Waals surface area contributed by atoms with Gasteiger partial charge in [-0.1, -0.05) is 340 Å². The Labute approximate surface area is 521 Å². The maximum Gasteiger partial charge on any atom is 0.306 e. The van der Waals surface area contributed by atoms with E-state index >= 15 is 0 Å². The van der Waals surface area contributed by atoms with Crippen molar-refractivity contribution < 1.29 is 24.2 Å². The van der Waals surface area contributed by atoms with Crippen LogP contribution in [0.4, 0.5) is 0 Å². The summed E-state index contributed by atoms with van der Waals surface area (Å²) in [5.41, 5.74) is 0. The lowest BCUT2D eigenvalue weighted by atomic mass is 10.0. The molecule has 0 aliphatic carbocycles. The van der Waals surface area contributed by atoms with Gasteiger partial charge in [-0.05, 0) is 116 Å². The van der Waals surface area contributed by atoms with Gasteiger partial charge in [-0.3, -0.25) is 9.59 Å². The average Bonchev–Trinajstić information content (AvgIpc) is 3.51. The van der Waals surface area contributed by atoms with Crippen molar-refractivity contribution in [2.75, 3.05) is 13.2 Å². The van der Waals surface area contributed by atoms with Gasteiger partial charge >= 0.3 is 11.9 Å². The first-order valence-electron chi connectivity index (χ1n) is 35.7. The van der Waals surface area contributed by atoms with Crippen molar-refractivity contribution in [3.63, 3.8) is 0 Å². The molecule has 0 fully saturated rings. The topological polar surface area (TPSA) is 72.8 Å². The molecular formula is C79H134O5. The van der Waals surface area contributed by atoms with Crippen LogP contribution in [0.5, 0.6) is 0 Å². The number of allylic oxidation sites excluding steroid dienone is 22. The lowest BCUT2D eigenvalue weighted by Crippen LogP contribution is -2.28. The van der Waals surface area contributed by atoms with Crippen molar-refractivity contribution >= 4 is 11.9 Å². The van der Waals surface area contributed by atoms with Gasteiger partial charge in [-0.25, -0.2) is 0 Å². The molecule has 0 aliphatic heterocycles. The first-order valence-corrected chi connectivity index (χ1v) is 35.7. The second-order valence-corrected chi connectivity index (χ2v) is 23.6. The van der Waals surface area contributed by atoms with E-state index in [9.17, 15) is 14.7 Å². The van der Waals surface area contributed by atoms with Gasteiger partial charge in [-0.2, -0.15) is 0 Å². The summed E-state index contributed by atoms with van der Waals surface area (Å²) in [6, 6.07) is 0. The molecule has 84 heavy (non-hydrogen) atoms. The Bertz CT molecular complexity index is 1700. The number of aliphatic hydroxyl groups is 1. The number of hydrogen-bond acceptors (Lipinski definition) is 5. The standard InChI is InChI=1S/C79H134O5/c1-3-5-7-9-11-13-15-17-19-21-23-25-27-29-31-33-35-37-39-41-43-45-47-49-51-53-55-57-59-61-63-65-67-69-71-73-78(81)83-76-77(75-80)84-79(82)74-72-70-68-66-64-62-60-58-56-54-52-50-48-46-44-42-40-38-36-34-32-30-28-26-24-22-20-18-16-14-12-10-8-6-4-2/h6,8,12,14-15,17-18,20-21,23-24,26,30,32,36,38,42,44,48,50,54,56,77,80H,3-5,7,9-11,13,16,19,22,25,27-29,31,33-35,37,39-41,43,45-47,49,51-53,55,57-76H2,1-2H3/b8-6-,14-12-,17-15-,20-18-,23-21-,26-24-,32-30-,38-36-,44-42-,50-48-,56-54-. The van der Waals surface area contributed by atoms with E-state index < -0.39 is 6.10 Å². The smallest absolute Gasteiger partial charge is 0.306 e. The first kappa shape index (κ1) is 80.0. The molecule has 0 saturated heterocycles. The molecule has 5 heteroatoms. The van der Waals surface area contributed by atoms with Crippen LogP contribution in [0.1, 0.15) is 335 Å². The summed E-state index contributed by atoms with van der Waals surface area (Å²) in [5.74, 6) is -0.598. The SMILES string of the molecule is CC/C=C\C/C=C\C/C=C\C/C=C\C/C=C\C/C=C\C/C=C\C/C=C\C/C=C\CCCCCCCCCC(=O)OC(CO)COC(=O)CCCCCCCCCCCCCCCCCCCCCCCCC/C=C\C/C=C\CCCCCCC. The first-order chi connectivity index (χ1) is 41.6. The van der Waals surface area contributed by atoms with E-state index in [0.717, 1.165) is 109 Å². The Hall–Kier alpha value is -3.96. The fourth-order valence-electron chi connectivity index (χ4n) is 10.1. The number of unbranched alkanes of at least 4 members (excludes halogenated alkanes) is 35. The molecule has 0 heterocycles. The van der Waals surface area contributed by atoms with Gasteiger partial charge < -0.3 is 14.6 Å². The highest BCUT2D eigenvalue weighted by molar-refractivity contribution is 5.70. The van der Waals surface area contributed by atoms with E-state index in [2.05, 4.69) is 148 Å². The van der Waals surface area contributed by atoms with Gasteiger partial charge in [0.1, 0.15) is 6.61 Å². The molecule has 5 nitrogen and oxygen atoms in total. The highest BCUT2D eigenvalue weighted by Crippen LogP contribution is 2.17. The van der Waals surface area contributed by atoms with Crippen molar-refractivity contribution in [2.24, 2.45) is 0 Å². The van der Waals surface area contributed by atoms with Crippen LogP contribution in [0, 0.1) is 0 Å². The quantitative estimate of drug-likeness (QED) is 0.0373. The van der Waals surface area contributed by atoms with Crippen molar-refractivity contribution in [3.8, 4) is 0 Å². The average molecular weight is 1160 g/mol. The van der Waals surface area contributed by atoms with Crippen LogP contribution >= 0.6 is 0 Å². The number of rotatable bonds is 65. The summed E-state index contributed by atoms with van der Waals surface area (Å²) in [7, 11) is 0. The van der Waals surface area contributed by atoms with Gasteiger partial charge in [-0.15, -0.1) is 0 Å². The summed E-state index contributed by atoms with van der Waals surface area (Å²) in [6.07, 6.45) is 109. The summed E-state index contributed by atoms with van der Waals surface area (Å²) >= 11 is 0. The van der Waals surface area contributed by atoms with E-state index in [-0.39, 0.29) is 25.2 Å². The monoisotopic (exact) mass is 1160 g/mol. The molecule has 0 bridgehead atoms. The zero-order chi connectivity index (χ0) is 60.5. The van der Waals surface area contributed by atoms with E-state index in [1.807, 2.05) is 0 Å². The lowest BCUT2D eigenvalue weighted by Gasteiger charge is -2.15. The third-order valence-electron chi connectivity index (χ3n) is 15.4. The second kappa shape index (κ2) is 73.3. The highest BCUT2D eigenvalue weighted by atomic mass is 16.6. The van der Waals surface area contributed by atoms with Crippen LogP contribution < -0.4 is 0 Å². The lowest BCUT2D eigenvalue weighted by molar-refractivity contribution is -0.161. The van der Waals surface area contributed by atoms with E-state index in [1.165, 1.54) is 199 Å². The van der Waals surface area contributed by atoms with Gasteiger partial charge in [0.25, 0.3) is 0 Å². The fraction of sp³-hybridized carbons (Fsp3) is 0.696. The summed E-state index contributed by atoms with van der Waals surface area (Å²) in [6.45, 7) is 4.03. The molecule has 1 unspecified atom stereocenters. The number of carbonyl (C=O) groups excluding carboxylic acids is 2. The third-order valence-corrected chi connectivity index (χ3v) is 15.4. The van der Waals surface area contributed by atoms with Crippen LogP contribution in [0.2, 0.25) is 0 Å². The predicted octanol–water partition coefficient (Wildman–Crippen LogP) is 25.1. The van der Waals surface area contributed by atoms with Gasteiger partial charge in [0.05, 0.1) is 6.61 Å². The van der Waals surface area contributed by atoms with E-state index in [0.29, 0.717) is 12.8 Å². The molecule has 0 amide bonds. The maximum absolute atomic E-state index is 12.4. The number of carbonyl (C=O) groups is 2. The van der Waals surface area contributed by atoms with Crippen molar-refractivity contribution in [3.05, 3.63) is 134 Å². The highest BCUT2D eigenvalue weighted by Gasteiger charge is 2.16. The zero-order valence-electron chi connectivity index (χ0n) is 55.1. The van der Waals surface area contributed by atoms with Crippen molar-refractivity contribution in [2.45, 2.75) is 341 Å². The predicted molar refractivity (Wildman–Crippen MR) is 371 cm³/mol. The Morgan fingerprint density at radius 3 is 0.774 bits per heavy atom. The van der Waals surface area contributed by atoms with E-state index in [4.69, 9.17) is 9.47 Å². The van der Waals surface area contributed by atoms with Crippen LogP contribution in [-0.4, -0.2) is 36.4 Å². The Morgan fingerprint density at radius 1 is 0.286 bits per heavy atom. The normalized spacial score (nSPS) is 13.0. The van der Waals surface area contributed by atoms with Crippen LogP contribution in [0.15, 0.2) is 134 Å². The van der Waals surface area contributed by atoms with Crippen LogP contribution in [-0.2, 0) is 19.1 Å². The summed E-state index contributed by atoms with van der Waals surface area (Å²) < 4.78 is 10.8. The molecule has 0 aromatic rings. The summed E-state index contributed by atoms with van der Waals surface area (Å²) in [5, 5.41) is 9.71. The third kappa shape index (κ3) is 70.5. The molecule has 0 rings (SSSR count). The van der Waals surface area contributed by atoms with Crippen molar-refractivity contribution in [1.82, 2.24) is 0 Å².